The van der Waals surface area contributed by atoms with Crippen LogP contribution in [0, 0.1) is 13.8 Å². The highest BCUT2D eigenvalue weighted by molar-refractivity contribution is 7.89. The molecule has 29 heavy (non-hydrogen) atoms. The number of rotatable bonds is 7. The summed E-state index contributed by atoms with van der Waals surface area (Å²) >= 11 is 0. The van der Waals surface area contributed by atoms with Crippen molar-refractivity contribution in [3.05, 3.63) is 53.3 Å². The quantitative estimate of drug-likeness (QED) is 0.565. The molecule has 0 radical (unpaired) electrons. The summed E-state index contributed by atoms with van der Waals surface area (Å²) in [7, 11) is -3.57. The molecular weight excluding hydrogens is 392 g/mol. The molecule has 1 aliphatic rings. The van der Waals surface area contributed by atoms with Gasteiger partial charge in [-0.25, -0.2) is 17.8 Å². The zero-order valence-corrected chi connectivity index (χ0v) is 17.0. The van der Waals surface area contributed by atoms with Crippen LogP contribution in [0.2, 0.25) is 0 Å². The molecule has 0 saturated heterocycles. The molecule has 0 amide bonds. The number of nitrogens with zero attached hydrogens (tertiary/aromatic N) is 4. The fraction of sp³-hybridized carbons (Fsp3) is 0.316. The van der Waals surface area contributed by atoms with E-state index in [0.29, 0.717) is 24.8 Å². The molecule has 3 heterocycles. The van der Waals surface area contributed by atoms with E-state index >= 15 is 0 Å². The number of nitrogens with one attached hydrogen (secondary N) is 2. The first kappa shape index (κ1) is 19.3. The standard InChI is InChI=1S/C19H22N6O3S/c1-13-11-14(2)25(24-13)19-6-5-18(22-23-19)20-8-9-21-29(26,27)16-3-4-17-15(12-16)7-10-28-17/h3-6,11-12,21H,7-10H2,1-2H3,(H,20,22). The highest BCUT2D eigenvalue weighted by Crippen LogP contribution is 2.27. The Balaban J connectivity index is 1.31. The van der Waals surface area contributed by atoms with E-state index in [1.54, 1.807) is 28.9 Å². The van der Waals surface area contributed by atoms with Crippen LogP contribution in [0.25, 0.3) is 5.82 Å². The smallest absolute Gasteiger partial charge is 0.240 e. The molecule has 2 N–H and O–H groups in total. The SMILES string of the molecule is Cc1cc(C)n(-c2ccc(NCCNS(=O)(=O)c3ccc4c(c3)CCO4)nn2)n1. The first-order valence-electron chi connectivity index (χ1n) is 9.29. The van der Waals surface area contributed by atoms with Crippen molar-refractivity contribution in [1.29, 1.82) is 0 Å². The zero-order chi connectivity index (χ0) is 20.4. The van der Waals surface area contributed by atoms with Crippen LogP contribution in [-0.2, 0) is 16.4 Å². The number of aromatic nitrogens is 4. The largest absolute Gasteiger partial charge is 0.493 e. The molecular formula is C19H22N6O3S. The van der Waals surface area contributed by atoms with Gasteiger partial charge in [0.05, 0.1) is 17.2 Å². The Morgan fingerprint density at radius 1 is 1.10 bits per heavy atom. The number of aryl methyl sites for hydroxylation is 2. The molecule has 0 atom stereocenters. The number of hydrogen-bond donors (Lipinski definition) is 2. The number of fused-ring (bicyclic) bond motifs is 1. The molecule has 3 aromatic rings. The number of hydrogen-bond acceptors (Lipinski definition) is 7. The van der Waals surface area contributed by atoms with Crippen molar-refractivity contribution in [3.63, 3.8) is 0 Å². The van der Waals surface area contributed by atoms with E-state index in [0.717, 1.165) is 29.1 Å². The summed E-state index contributed by atoms with van der Waals surface area (Å²) in [5.74, 6) is 1.94. The number of ether oxygens (including phenoxy) is 1. The Labute approximate surface area is 169 Å². The lowest BCUT2D eigenvalue weighted by Gasteiger charge is -2.09. The van der Waals surface area contributed by atoms with Crippen LogP contribution in [0.4, 0.5) is 5.82 Å². The third kappa shape index (κ3) is 4.22. The molecule has 0 bridgehead atoms. The molecule has 1 aromatic carbocycles. The molecule has 1 aliphatic heterocycles. The fourth-order valence-corrected chi connectivity index (χ4v) is 4.26. The van der Waals surface area contributed by atoms with Crippen molar-refractivity contribution in [3.8, 4) is 11.6 Å². The molecule has 0 saturated carbocycles. The lowest BCUT2D eigenvalue weighted by Crippen LogP contribution is -2.29. The van der Waals surface area contributed by atoms with Gasteiger partial charge >= 0.3 is 0 Å². The van der Waals surface area contributed by atoms with Gasteiger partial charge in [0.2, 0.25) is 10.0 Å². The van der Waals surface area contributed by atoms with Crippen LogP contribution >= 0.6 is 0 Å². The molecule has 0 fully saturated rings. The van der Waals surface area contributed by atoms with Crippen LogP contribution in [0.15, 0.2) is 41.3 Å². The first-order chi connectivity index (χ1) is 13.9. The van der Waals surface area contributed by atoms with Crippen LogP contribution in [0.3, 0.4) is 0 Å². The van der Waals surface area contributed by atoms with Crippen molar-refractivity contribution in [2.45, 2.75) is 25.2 Å². The number of benzene rings is 1. The Morgan fingerprint density at radius 2 is 1.97 bits per heavy atom. The summed E-state index contributed by atoms with van der Waals surface area (Å²) in [6, 6.07) is 10.5. The third-order valence-electron chi connectivity index (χ3n) is 4.57. The van der Waals surface area contributed by atoms with Gasteiger partial charge in [0, 0.05) is 25.2 Å². The van der Waals surface area contributed by atoms with Crippen LogP contribution in [0.5, 0.6) is 5.75 Å². The van der Waals surface area contributed by atoms with Gasteiger partial charge in [-0.1, -0.05) is 0 Å². The molecule has 9 nitrogen and oxygen atoms in total. The van der Waals surface area contributed by atoms with Gasteiger partial charge in [0.1, 0.15) is 11.6 Å². The lowest BCUT2D eigenvalue weighted by molar-refractivity contribution is 0.356. The molecule has 0 spiro atoms. The normalized spacial score (nSPS) is 13.2. The Bertz CT molecular complexity index is 1130. The van der Waals surface area contributed by atoms with E-state index in [9.17, 15) is 8.42 Å². The minimum atomic E-state index is -3.57. The summed E-state index contributed by atoms with van der Waals surface area (Å²) in [4.78, 5) is 0.246. The average molecular weight is 414 g/mol. The maximum Gasteiger partial charge on any atom is 0.240 e. The maximum absolute atomic E-state index is 12.5. The molecule has 4 rings (SSSR count). The first-order valence-corrected chi connectivity index (χ1v) is 10.8. The number of anilines is 1. The van der Waals surface area contributed by atoms with Gasteiger partial charge in [-0.05, 0) is 55.8 Å². The van der Waals surface area contributed by atoms with E-state index < -0.39 is 10.0 Å². The van der Waals surface area contributed by atoms with Gasteiger partial charge in [0.15, 0.2) is 5.82 Å². The summed E-state index contributed by atoms with van der Waals surface area (Å²) in [6.07, 6.45) is 0.729. The average Bonchev–Trinajstić information content (AvgIpc) is 3.31. The van der Waals surface area contributed by atoms with Crippen LogP contribution in [0.1, 0.15) is 17.0 Å². The van der Waals surface area contributed by atoms with Crippen molar-refractivity contribution >= 4 is 15.8 Å². The Hall–Kier alpha value is -2.98. The second kappa shape index (κ2) is 7.80. The topological polar surface area (TPSA) is 111 Å². The van der Waals surface area contributed by atoms with Crippen LogP contribution < -0.4 is 14.8 Å². The van der Waals surface area contributed by atoms with Gasteiger partial charge in [0.25, 0.3) is 0 Å². The monoisotopic (exact) mass is 414 g/mol. The number of sulfonamides is 1. The van der Waals surface area contributed by atoms with E-state index in [1.165, 1.54) is 0 Å². The highest BCUT2D eigenvalue weighted by atomic mass is 32.2. The fourth-order valence-electron chi connectivity index (χ4n) is 3.18. The van der Waals surface area contributed by atoms with Gasteiger partial charge in [-0.2, -0.15) is 5.10 Å². The molecule has 0 aliphatic carbocycles. The van der Waals surface area contributed by atoms with Crippen molar-refractivity contribution in [1.82, 2.24) is 24.7 Å². The Morgan fingerprint density at radius 3 is 2.69 bits per heavy atom. The van der Waals surface area contributed by atoms with Gasteiger partial charge in [-0.3, -0.25) is 0 Å². The Kier molecular flexibility index (Phi) is 5.20. The van der Waals surface area contributed by atoms with E-state index in [2.05, 4.69) is 25.3 Å². The third-order valence-corrected chi connectivity index (χ3v) is 6.03. The molecule has 152 valence electrons. The summed E-state index contributed by atoms with van der Waals surface area (Å²) in [6.45, 7) is 5.06. The summed E-state index contributed by atoms with van der Waals surface area (Å²) < 4.78 is 34.7. The van der Waals surface area contributed by atoms with E-state index in [-0.39, 0.29) is 11.4 Å². The van der Waals surface area contributed by atoms with Gasteiger partial charge < -0.3 is 10.1 Å². The van der Waals surface area contributed by atoms with Crippen molar-refractivity contribution < 1.29 is 13.2 Å². The van der Waals surface area contributed by atoms with Crippen LogP contribution in [-0.4, -0.2) is 48.1 Å². The van der Waals surface area contributed by atoms with E-state index in [4.69, 9.17) is 4.74 Å². The summed E-state index contributed by atoms with van der Waals surface area (Å²) in [5, 5.41) is 15.7. The molecule has 2 aromatic heterocycles. The van der Waals surface area contributed by atoms with Gasteiger partial charge in [-0.15, -0.1) is 10.2 Å². The minimum Gasteiger partial charge on any atom is -0.493 e. The highest BCUT2D eigenvalue weighted by Gasteiger charge is 2.18. The maximum atomic E-state index is 12.5. The summed E-state index contributed by atoms with van der Waals surface area (Å²) in [5.41, 5.74) is 2.81. The predicted molar refractivity (Wildman–Crippen MR) is 108 cm³/mol. The van der Waals surface area contributed by atoms with Crippen molar-refractivity contribution in [2.75, 3.05) is 25.0 Å². The second-order valence-corrected chi connectivity index (χ2v) is 8.58. The molecule has 0 unspecified atom stereocenters. The lowest BCUT2D eigenvalue weighted by atomic mass is 10.2. The minimum absolute atomic E-state index is 0.219. The zero-order valence-electron chi connectivity index (χ0n) is 16.2. The van der Waals surface area contributed by atoms with Crippen molar-refractivity contribution in [2.24, 2.45) is 0 Å². The van der Waals surface area contributed by atoms with E-state index in [1.807, 2.05) is 26.0 Å². The molecule has 10 heteroatoms. The second-order valence-electron chi connectivity index (χ2n) is 6.81. The predicted octanol–water partition coefficient (Wildman–Crippen LogP) is 1.60.